The number of H-pyrrole nitrogens is 1. The van der Waals surface area contributed by atoms with Crippen LogP contribution in [0.15, 0.2) is 83.8 Å². The SMILES string of the molecule is C=O.CCCCC(=O)Oc1ccccc1C(=O)Nc1ccc(CCCCOP(=O)(OCC)OCC)cc1.NC(=O)c1ccc(NCc2cnc3nc(N)[nH]c(=O)c3n2)cc1. The van der Waals surface area contributed by atoms with Gasteiger partial charge in [-0.1, -0.05) is 37.6 Å². The Morgan fingerprint density at radius 1 is 0.850 bits per heavy atom. The summed E-state index contributed by atoms with van der Waals surface area (Å²) in [5.74, 6) is -0.925. The fourth-order valence-electron chi connectivity index (χ4n) is 5.23. The average Bonchev–Trinajstić information content (AvgIpc) is 3.24. The van der Waals surface area contributed by atoms with Gasteiger partial charge in [0.15, 0.2) is 11.2 Å². The molecule has 0 aliphatic carbocycles. The lowest BCUT2D eigenvalue weighted by atomic mass is 10.1. The number of fused-ring (bicyclic) bond motifs is 1. The zero-order valence-electron chi connectivity index (χ0n) is 33.8. The zero-order chi connectivity index (χ0) is 43.9. The quantitative estimate of drug-likeness (QED) is 0.0246. The van der Waals surface area contributed by atoms with Crippen LogP contribution in [0.5, 0.6) is 5.75 Å². The maximum atomic E-state index is 12.8. The highest BCUT2D eigenvalue weighted by Gasteiger charge is 2.24. The lowest BCUT2D eigenvalue weighted by molar-refractivity contribution is -0.134. The third-order valence-corrected chi connectivity index (χ3v) is 9.76. The number of primary amides is 1. The molecule has 18 nitrogen and oxygen atoms in total. The Morgan fingerprint density at radius 3 is 2.17 bits per heavy atom. The Bertz CT molecular complexity index is 2250. The van der Waals surface area contributed by atoms with Crippen LogP contribution in [0.4, 0.5) is 17.3 Å². The average molecular weight is 847 g/mol. The minimum absolute atomic E-state index is 0.00258. The highest BCUT2D eigenvalue weighted by Crippen LogP contribution is 2.49. The van der Waals surface area contributed by atoms with E-state index in [4.69, 9.17) is 34.6 Å². The predicted octanol–water partition coefficient (Wildman–Crippen LogP) is 6.38. The topological polar surface area (TPSA) is 270 Å². The Kier molecular flexibility index (Phi) is 20.2. The highest BCUT2D eigenvalue weighted by atomic mass is 31.2. The van der Waals surface area contributed by atoms with Crippen LogP contribution in [0.3, 0.4) is 0 Å². The first-order valence-corrected chi connectivity index (χ1v) is 20.6. The first-order chi connectivity index (χ1) is 28.9. The minimum atomic E-state index is -3.46. The molecule has 0 radical (unpaired) electrons. The molecule has 0 spiro atoms. The molecule has 0 fully saturated rings. The molecule has 0 atom stereocenters. The van der Waals surface area contributed by atoms with Gasteiger partial charge in [-0.2, -0.15) is 4.98 Å². The van der Waals surface area contributed by atoms with Crippen molar-refractivity contribution in [3.8, 4) is 5.75 Å². The lowest BCUT2D eigenvalue weighted by Gasteiger charge is -2.16. The number of benzene rings is 3. The van der Waals surface area contributed by atoms with Crippen LogP contribution >= 0.6 is 7.82 Å². The molecule has 5 aromatic rings. The summed E-state index contributed by atoms with van der Waals surface area (Å²) in [4.78, 5) is 70.1. The highest BCUT2D eigenvalue weighted by molar-refractivity contribution is 7.48. The first-order valence-electron chi connectivity index (χ1n) is 19.1. The Balaban J connectivity index is 0.000000331. The smallest absolute Gasteiger partial charge is 0.426 e. The van der Waals surface area contributed by atoms with Gasteiger partial charge in [0.1, 0.15) is 12.5 Å². The van der Waals surface area contributed by atoms with Gasteiger partial charge in [-0.25, -0.2) is 14.5 Å². The number of phosphoric ester groups is 1. The molecule has 0 saturated heterocycles. The van der Waals surface area contributed by atoms with E-state index < -0.39 is 19.3 Å². The number of carbonyl (C=O) groups is 4. The van der Waals surface area contributed by atoms with Crippen molar-refractivity contribution in [2.45, 2.75) is 65.8 Å². The van der Waals surface area contributed by atoms with Crippen molar-refractivity contribution in [2.75, 3.05) is 36.2 Å². The van der Waals surface area contributed by atoms with Gasteiger partial charge in [0.05, 0.1) is 43.8 Å². The molecule has 5 rings (SSSR count). The number of hydrogen-bond acceptors (Lipinski definition) is 15. The number of nitrogen functional groups attached to an aromatic ring is 1. The van der Waals surface area contributed by atoms with E-state index in [1.54, 1.807) is 62.4 Å². The monoisotopic (exact) mass is 846 g/mol. The van der Waals surface area contributed by atoms with Crippen molar-refractivity contribution in [3.63, 3.8) is 0 Å². The number of para-hydroxylation sites is 1. The normalized spacial score (nSPS) is 10.7. The van der Waals surface area contributed by atoms with Gasteiger partial charge in [-0.05, 0) is 93.6 Å². The Labute approximate surface area is 347 Å². The molecule has 2 amide bonds. The van der Waals surface area contributed by atoms with E-state index in [2.05, 4.69) is 30.6 Å². The second kappa shape index (κ2) is 25.2. The van der Waals surface area contributed by atoms with E-state index in [0.717, 1.165) is 36.9 Å². The van der Waals surface area contributed by atoms with Crippen LogP contribution in [-0.2, 0) is 40.7 Å². The van der Waals surface area contributed by atoms with Gasteiger partial charge in [0.2, 0.25) is 11.9 Å². The molecule has 3 aromatic carbocycles. The molecule has 0 saturated carbocycles. The molecule has 0 bridgehead atoms. The number of aromatic nitrogens is 4. The van der Waals surface area contributed by atoms with Crippen molar-refractivity contribution in [2.24, 2.45) is 5.73 Å². The van der Waals surface area contributed by atoms with Crippen molar-refractivity contribution in [3.05, 3.63) is 112 Å². The minimum Gasteiger partial charge on any atom is -0.426 e. The van der Waals surface area contributed by atoms with E-state index in [-0.39, 0.29) is 54.6 Å². The standard InChI is InChI=1S/C26H36NO7P.C14H13N7O2.CH2O/c1-4-7-15-25(28)34-24-14-9-8-13-23(24)26(29)27-22-18-16-21(17-19-22)12-10-11-20-33-35(30,31-5-2)32-6-3;15-11(22)7-1-3-8(4-2-7)17-5-9-6-18-12-10(19-9)13(23)21-14(16)20-12;1-2/h8-9,13-14,16-19H,4-7,10-12,15,20H2,1-3H3,(H,27,29);1-4,6,17H,5H2,(H2,15,22)(H3,16,18,20,21,23);1H2. The van der Waals surface area contributed by atoms with E-state index in [1.165, 1.54) is 6.20 Å². The van der Waals surface area contributed by atoms with E-state index in [0.29, 0.717) is 41.9 Å². The summed E-state index contributed by atoms with van der Waals surface area (Å²) in [6, 6.07) is 20.9. The van der Waals surface area contributed by atoms with Crippen LogP contribution < -0.4 is 32.4 Å². The first kappa shape index (κ1) is 48.0. The van der Waals surface area contributed by atoms with E-state index >= 15 is 0 Å². The van der Waals surface area contributed by atoms with Crippen molar-refractivity contribution >= 4 is 60.9 Å². The molecule has 7 N–H and O–H groups in total. The number of aromatic amines is 1. The van der Waals surface area contributed by atoms with Gasteiger partial charge >= 0.3 is 13.8 Å². The van der Waals surface area contributed by atoms with Crippen LogP contribution in [0.2, 0.25) is 0 Å². The Hall–Kier alpha value is -6.33. The number of nitrogens with zero attached hydrogens (tertiary/aromatic N) is 3. The van der Waals surface area contributed by atoms with Gasteiger partial charge in [-0.15, -0.1) is 0 Å². The van der Waals surface area contributed by atoms with Crippen molar-refractivity contribution in [1.29, 1.82) is 0 Å². The number of amides is 2. The predicted molar refractivity (Wildman–Crippen MR) is 228 cm³/mol. The van der Waals surface area contributed by atoms with Crippen LogP contribution in [0, 0.1) is 0 Å². The molecule has 0 unspecified atom stereocenters. The largest absolute Gasteiger partial charge is 0.474 e. The number of nitrogens with two attached hydrogens (primary N) is 2. The summed E-state index contributed by atoms with van der Waals surface area (Å²) < 4.78 is 33.2. The van der Waals surface area contributed by atoms with Gasteiger partial charge in [-0.3, -0.25) is 37.7 Å². The van der Waals surface area contributed by atoms with Crippen molar-refractivity contribution < 1.29 is 42.1 Å². The molecule has 2 heterocycles. The number of ether oxygens (including phenoxy) is 1. The number of rotatable bonds is 20. The number of hydrogen-bond donors (Lipinski definition) is 5. The third-order valence-electron chi connectivity index (χ3n) is 8.11. The molecule has 60 heavy (non-hydrogen) atoms. The van der Waals surface area contributed by atoms with E-state index in [1.807, 2.05) is 38.0 Å². The molecular formula is C41H51N8O10P. The molecule has 2 aromatic heterocycles. The zero-order valence-corrected chi connectivity index (χ0v) is 34.7. The molecule has 19 heteroatoms. The van der Waals surface area contributed by atoms with Gasteiger partial charge < -0.3 is 31.6 Å². The van der Waals surface area contributed by atoms with Crippen LogP contribution in [0.1, 0.15) is 84.8 Å². The summed E-state index contributed by atoms with van der Waals surface area (Å²) in [5.41, 5.74) is 14.3. The number of carbonyl (C=O) groups excluding carboxylic acids is 4. The maximum absolute atomic E-state index is 12.8. The number of nitrogens with one attached hydrogen (secondary N) is 3. The van der Waals surface area contributed by atoms with Gasteiger partial charge in [0.25, 0.3) is 11.5 Å². The second-order valence-electron chi connectivity index (χ2n) is 12.6. The fraction of sp³-hybridized carbons (Fsp3) is 0.317. The van der Waals surface area contributed by atoms with Crippen LogP contribution in [0.25, 0.3) is 11.2 Å². The number of esters is 1. The summed E-state index contributed by atoms with van der Waals surface area (Å²) in [7, 11) is -3.46. The number of anilines is 3. The molecule has 0 aliphatic heterocycles. The number of aryl methyl sites for hydroxylation is 1. The lowest BCUT2D eigenvalue weighted by Crippen LogP contribution is -2.16. The van der Waals surface area contributed by atoms with Crippen molar-refractivity contribution in [1.82, 2.24) is 19.9 Å². The van der Waals surface area contributed by atoms with Gasteiger partial charge in [0, 0.05) is 23.4 Å². The van der Waals surface area contributed by atoms with Crippen LogP contribution in [-0.4, -0.2) is 64.3 Å². The summed E-state index contributed by atoms with van der Waals surface area (Å²) >= 11 is 0. The molecule has 320 valence electrons. The number of unbranched alkanes of at least 4 members (excludes halogenated alkanes) is 2. The third kappa shape index (κ3) is 15.8. The maximum Gasteiger partial charge on any atom is 0.474 e. The molecule has 0 aliphatic rings. The second-order valence-corrected chi connectivity index (χ2v) is 14.2. The summed E-state index contributed by atoms with van der Waals surface area (Å²) in [6.07, 6.45) is 5.81. The summed E-state index contributed by atoms with van der Waals surface area (Å²) in [5, 5.41) is 5.96. The fourth-order valence-corrected chi connectivity index (χ4v) is 6.44. The Morgan fingerprint density at radius 2 is 1.52 bits per heavy atom. The number of phosphoric acid groups is 1. The summed E-state index contributed by atoms with van der Waals surface area (Å²) in [6.45, 7) is 8.63. The van der Waals surface area contributed by atoms with E-state index in [9.17, 15) is 23.7 Å². The molecular weight excluding hydrogens is 795 g/mol.